The van der Waals surface area contributed by atoms with Gasteiger partial charge in [0.15, 0.2) is 0 Å². The Morgan fingerprint density at radius 2 is 1.96 bits per heavy atom. The van der Waals surface area contributed by atoms with Crippen molar-refractivity contribution >= 4 is 39.8 Å². The Balaban J connectivity index is 2.08. The van der Waals surface area contributed by atoms with Gasteiger partial charge in [-0.25, -0.2) is 4.79 Å². The molecule has 2 aromatic rings. The van der Waals surface area contributed by atoms with E-state index in [0.717, 1.165) is 4.90 Å². The van der Waals surface area contributed by atoms with Crippen molar-refractivity contribution < 1.29 is 23.9 Å². The molecule has 0 saturated carbocycles. The maximum Gasteiger partial charge on any atom is 0.336 e. The second kappa shape index (κ2) is 7.29. The van der Waals surface area contributed by atoms with Gasteiger partial charge in [0.2, 0.25) is 0 Å². The number of carbonyl (C=O) groups excluding carboxylic acids is 2. The molecule has 3 rings (SSSR count). The minimum Gasteiger partial charge on any atom is -0.478 e. The fraction of sp³-hybridized carbons (Fsp3) is 0.100. The van der Waals surface area contributed by atoms with Gasteiger partial charge in [-0.2, -0.15) is 5.26 Å². The van der Waals surface area contributed by atoms with Gasteiger partial charge < -0.3 is 9.52 Å². The summed E-state index contributed by atoms with van der Waals surface area (Å²) >= 11 is 3.24. The lowest BCUT2D eigenvalue weighted by Crippen LogP contribution is -2.39. The lowest BCUT2D eigenvalue weighted by molar-refractivity contribution is -0.138. The van der Waals surface area contributed by atoms with Crippen LogP contribution in [0.2, 0.25) is 0 Å². The molecule has 0 bridgehead atoms. The minimum absolute atomic E-state index is 0.0600. The normalized spacial score (nSPS) is 15.9. The van der Waals surface area contributed by atoms with Crippen LogP contribution in [0.4, 0.5) is 0 Å². The Labute approximate surface area is 168 Å². The molecule has 0 unspecified atom stereocenters. The standard InChI is InChI=1S/C20H13BrN2O5/c1-10-14(18(24)23(2)19(25)16(10)9-22)8-12-4-6-17(28-12)13-5-3-11(21)7-15(13)20(26)27/h3-8H,1-2H3,(H,26,27). The second-order valence-corrected chi connectivity index (χ2v) is 6.95. The molecule has 1 aromatic carbocycles. The number of likely N-dealkylation sites (N-methyl/N-ethyl adjacent to an activating group) is 1. The Kier molecular flexibility index (Phi) is 5.03. The Bertz CT molecular complexity index is 1130. The molecule has 0 spiro atoms. The number of benzene rings is 1. The van der Waals surface area contributed by atoms with E-state index in [1.165, 1.54) is 26.1 Å². The van der Waals surface area contributed by atoms with E-state index in [0.29, 0.717) is 15.8 Å². The van der Waals surface area contributed by atoms with Crippen LogP contribution in [0.1, 0.15) is 23.0 Å². The highest BCUT2D eigenvalue weighted by Crippen LogP contribution is 2.31. The van der Waals surface area contributed by atoms with Crippen LogP contribution in [0.15, 0.2) is 55.9 Å². The Morgan fingerprint density at radius 3 is 2.61 bits per heavy atom. The zero-order valence-electron chi connectivity index (χ0n) is 14.8. The van der Waals surface area contributed by atoms with Gasteiger partial charge in [0.1, 0.15) is 23.2 Å². The van der Waals surface area contributed by atoms with Crippen LogP contribution >= 0.6 is 15.9 Å². The average Bonchev–Trinajstić information content (AvgIpc) is 3.12. The van der Waals surface area contributed by atoms with E-state index in [1.54, 1.807) is 24.3 Å². The molecule has 2 amide bonds. The van der Waals surface area contributed by atoms with Gasteiger partial charge in [0.05, 0.1) is 5.56 Å². The maximum absolute atomic E-state index is 12.4. The zero-order chi connectivity index (χ0) is 20.6. The zero-order valence-corrected chi connectivity index (χ0v) is 16.4. The van der Waals surface area contributed by atoms with Crippen LogP contribution in [0, 0.1) is 11.3 Å². The summed E-state index contributed by atoms with van der Waals surface area (Å²) in [7, 11) is 1.30. The van der Waals surface area contributed by atoms with Crippen LogP contribution in [0.5, 0.6) is 0 Å². The highest BCUT2D eigenvalue weighted by Gasteiger charge is 2.33. The number of carboxylic acids is 1. The molecule has 2 heterocycles. The Morgan fingerprint density at radius 1 is 1.25 bits per heavy atom. The fourth-order valence-corrected chi connectivity index (χ4v) is 3.18. The molecule has 7 nitrogen and oxygen atoms in total. The molecule has 1 N–H and O–H groups in total. The van der Waals surface area contributed by atoms with Crippen LogP contribution in [-0.2, 0) is 9.59 Å². The van der Waals surface area contributed by atoms with E-state index < -0.39 is 17.8 Å². The minimum atomic E-state index is -1.10. The topological polar surface area (TPSA) is 112 Å². The molecular formula is C20H13BrN2O5. The number of aromatic carboxylic acids is 1. The largest absolute Gasteiger partial charge is 0.478 e. The van der Waals surface area contributed by atoms with Gasteiger partial charge in [-0.15, -0.1) is 0 Å². The SMILES string of the molecule is CC1=C(C#N)C(=O)N(C)C(=O)C1=Cc1ccc(-c2ccc(Br)cc2C(=O)O)o1. The molecule has 1 aliphatic rings. The van der Waals surface area contributed by atoms with E-state index in [-0.39, 0.29) is 28.0 Å². The van der Waals surface area contributed by atoms with Crippen LogP contribution in [0.25, 0.3) is 17.4 Å². The highest BCUT2D eigenvalue weighted by molar-refractivity contribution is 9.10. The number of hydrogen-bond acceptors (Lipinski definition) is 5. The summed E-state index contributed by atoms with van der Waals surface area (Å²) < 4.78 is 6.33. The number of halogens is 1. The monoisotopic (exact) mass is 440 g/mol. The number of rotatable bonds is 3. The molecule has 1 aromatic heterocycles. The van der Waals surface area contributed by atoms with Gasteiger partial charge in [-0.1, -0.05) is 15.9 Å². The third kappa shape index (κ3) is 3.28. The molecule has 0 fully saturated rings. The third-order valence-corrected chi connectivity index (χ3v) is 4.83. The average molecular weight is 441 g/mol. The second-order valence-electron chi connectivity index (χ2n) is 6.04. The van der Waals surface area contributed by atoms with Crippen molar-refractivity contribution in [2.24, 2.45) is 0 Å². The van der Waals surface area contributed by atoms with Crippen LogP contribution in [-0.4, -0.2) is 34.8 Å². The number of hydrogen-bond donors (Lipinski definition) is 1. The summed E-state index contributed by atoms with van der Waals surface area (Å²) in [6.07, 6.45) is 1.43. The van der Waals surface area contributed by atoms with Crippen molar-refractivity contribution in [3.05, 3.63) is 62.8 Å². The van der Waals surface area contributed by atoms with Crippen LogP contribution in [0.3, 0.4) is 0 Å². The van der Waals surface area contributed by atoms with Gasteiger partial charge in [0, 0.05) is 22.7 Å². The van der Waals surface area contributed by atoms with Crippen LogP contribution < -0.4 is 0 Å². The van der Waals surface area contributed by atoms with E-state index >= 15 is 0 Å². The van der Waals surface area contributed by atoms with Crippen molar-refractivity contribution in [2.75, 3.05) is 7.05 Å². The van der Waals surface area contributed by atoms with Gasteiger partial charge >= 0.3 is 5.97 Å². The van der Waals surface area contributed by atoms with Crippen molar-refractivity contribution in [2.45, 2.75) is 6.92 Å². The summed E-state index contributed by atoms with van der Waals surface area (Å²) in [4.78, 5) is 36.8. The molecule has 0 radical (unpaired) electrons. The third-order valence-electron chi connectivity index (χ3n) is 4.34. The lowest BCUT2D eigenvalue weighted by atomic mass is 9.95. The maximum atomic E-state index is 12.4. The molecule has 0 saturated heterocycles. The number of carbonyl (C=O) groups is 3. The summed E-state index contributed by atoms with van der Waals surface area (Å²) in [5, 5.41) is 18.6. The molecular weight excluding hydrogens is 428 g/mol. The van der Waals surface area contributed by atoms with Gasteiger partial charge in [-0.05, 0) is 48.9 Å². The first-order valence-electron chi connectivity index (χ1n) is 8.03. The van der Waals surface area contributed by atoms with Crippen molar-refractivity contribution in [3.63, 3.8) is 0 Å². The predicted octanol–water partition coefficient (Wildman–Crippen LogP) is 3.63. The van der Waals surface area contributed by atoms with E-state index in [9.17, 15) is 24.8 Å². The lowest BCUT2D eigenvalue weighted by Gasteiger charge is -2.23. The van der Waals surface area contributed by atoms with Gasteiger partial charge in [-0.3, -0.25) is 14.5 Å². The number of imide groups is 1. The first-order valence-corrected chi connectivity index (χ1v) is 8.82. The first kappa shape index (κ1) is 19.3. The number of amides is 2. The molecule has 28 heavy (non-hydrogen) atoms. The number of nitriles is 1. The summed E-state index contributed by atoms with van der Waals surface area (Å²) in [5.74, 6) is -1.70. The first-order chi connectivity index (χ1) is 13.2. The van der Waals surface area contributed by atoms with Crippen molar-refractivity contribution in [3.8, 4) is 17.4 Å². The predicted molar refractivity (Wildman–Crippen MR) is 103 cm³/mol. The summed E-state index contributed by atoms with van der Waals surface area (Å²) in [5.41, 5.74) is 0.760. The summed E-state index contributed by atoms with van der Waals surface area (Å²) in [6, 6.07) is 9.77. The number of furan rings is 1. The molecule has 0 atom stereocenters. The number of nitrogens with zero attached hydrogens (tertiary/aromatic N) is 2. The number of carboxylic acid groups (broad SMARTS) is 1. The van der Waals surface area contributed by atoms with Crippen molar-refractivity contribution in [1.29, 1.82) is 5.26 Å². The molecule has 140 valence electrons. The smallest absolute Gasteiger partial charge is 0.336 e. The molecule has 8 heteroatoms. The van der Waals surface area contributed by atoms with E-state index in [1.807, 2.05) is 6.07 Å². The molecule has 1 aliphatic heterocycles. The summed E-state index contributed by atoms with van der Waals surface area (Å²) in [6.45, 7) is 1.52. The fourth-order valence-electron chi connectivity index (χ4n) is 2.82. The Hall–Kier alpha value is -3.44. The quantitative estimate of drug-likeness (QED) is 0.575. The van der Waals surface area contributed by atoms with Gasteiger partial charge in [0.25, 0.3) is 11.8 Å². The van der Waals surface area contributed by atoms with E-state index in [4.69, 9.17) is 4.42 Å². The highest BCUT2D eigenvalue weighted by atomic mass is 79.9. The molecule has 0 aliphatic carbocycles. The van der Waals surface area contributed by atoms with Crippen molar-refractivity contribution in [1.82, 2.24) is 4.90 Å². The van der Waals surface area contributed by atoms with E-state index in [2.05, 4.69) is 15.9 Å².